The molecule has 1 saturated carbocycles. The number of aromatic nitrogens is 1. The number of nitrogens with one attached hydrogen (secondary N) is 1. The normalized spacial score (nSPS) is 16.2. The standard InChI is InChI=1S/C18H21BrN2OS2/c1-13-12-24-17(20-13)18(9-4-5-10-18)21-16(22)8-11-23-15-7-3-2-6-14(15)19/h2-3,6-7,12H,4-5,8-11H2,1H3,(H,21,22). The van der Waals surface area contributed by atoms with E-state index in [-0.39, 0.29) is 11.4 Å². The van der Waals surface area contributed by atoms with Crippen LogP contribution in [0.2, 0.25) is 0 Å². The van der Waals surface area contributed by atoms with Crippen LogP contribution in [0.5, 0.6) is 0 Å². The van der Waals surface area contributed by atoms with Crippen LogP contribution in [0.1, 0.15) is 42.8 Å². The highest BCUT2D eigenvalue weighted by Gasteiger charge is 2.39. The lowest BCUT2D eigenvalue weighted by atomic mass is 9.98. The van der Waals surface area contributed by atoms with Gasteiger partial charge in [-0.1, -0.05) is 25.0 Å². The van der Waals surface area contributed by atoms with Crippen LogP contribution in [-0.2, 0) is 10.3 Å². The van der Waals surface area contributed by atoms with Crippen LogP contribution >= 0.6 is 39.0 Å². The molecule has 6 heteroatoms. The molecule has 0 saturated heterocycles. The number of rotatable bonds is 6. The van der Waals surface area contributed by atoms with Gasteiger partial charge in [-0.05, 0) is 47.8 Å². The molecule has 0 aliphatic heterocycles. The molecule has 0 radical (unpaired) electrons. The van der Waals surface area contributed by atoms with Crippen molar-refractivity contribution >= 4 is 44.9 Å². The zero-order valence-corrected chi connectivity index (χ0v) is 16.9. The Hall–Kier alpha value is -0.850. The fourth-order valence-corrected chi connectivity index (χ4v) is 5.62. The van der Waals surface area contributed by atoms with Crippen LogP contribution < -0.4 is 5.32 Å². The molecular weight excluding hydrogens is 404 g/mol. The molecule has 2 aromatic rings. The Balaban J connectivity index is 1.58. The fraction of sp³-hybridized carbons (Fsp3) is 0.444. The van der Waals surface area contributed by atoms with E-state index in [4.69, 9.17) is 0 Å². The van der Waals surface area contributed by atoms with Gasteiger partial charge in [0.25, 0.3) is 0 Å². The summed E-state index contributed by atoms with van der Waals surface area (Å²) < 4.78 is 1.08. The van der Waals surface area contributed by atoms with Crippen LogP contribution in [0.25, 0.3) is 0 Å². The topological polar surface area (TPSA) is 42.0 Å². The second-order valence-corrected chi connectivity index (χ2v) is 9.01. The second-order valence-electron chi connectivity index (χ2n) is 6.16. The fourth-order valence-electron chi connectivity index (χ4n) is 3.09. The number of thioether (sulfide) groups is 1. The monoisotopic (exact) mass is 424 g/mol. The van der Waals surface area contributed by atoms with E-state index in [9.17, 15) is 4.79 Å². The Labute approximate surface area is 159 Å². The summed E-state index contributed by atoms with van der Waals surface area (Å²) in [6.45, 7) is 2.01. The maximum atomic E-state index is 12.5. The number of hydrogen-bond acceptors (Lipinski definition) is 4. The van der Waals surface area contributed by atoms with Gasteiger partial charge < -0.3 is 5.32 Å². The summed E-state index contributed by atoms with van der Waals surface area (Å²) in [5.74, 6) is 0.908. The van der Waals surface area contributed by atoms with Crippen molar-refractivity contribution in [2.75, 3.05) is 5.75 Å². The van der Waals surface area contributed by atoms with Crippen LogP contribution in [0, 0.1) is 6.92 Å². The largest absolute Gasteiger partial charge is 0.344 e. The molecular formula is C18H21BrN2OS2. The van der Waals surface area contributed by atoms with Crippen molar-refractivity contribution in [1.82, 2.24) is 10.3 Å². The zero-order chi connectivity index (χ0) is 17.0. The second kappa shape index (κ2) is 8.02. The maximum absolute atomic E-state index is 12.5. The van der Waals surface area contributed by atoms with Crippen LogP contribution in [0.4, 0.5) is 0 Å². The van der Waals surface area contributed by atoms with Crippen LogP contribution in [0.3, 0.4) is 0 Å². The number of thiazole rings is 1. The van der Waals surface area contributed by atoms with Crippen molar-refractivity contribution in [2.45, 2.75) is 49.5 Å². The lowest BCUT2D eigenvalue weighted by Gasteiger charge is -2.28. The molecule has 1 aromatic carbocycles. The Morgan fingerprint density at radius 1 is 1.38 bits per heavy atom. The first-order valence-corrected chi connectivity index (χ1v) is 10.9. The minimum absolute atomic E-state index is 0.129. The summed E-state index contributed by atoms with van der Waals surface area (Å²) in [6.07, 6.45) is 4.85. The number of halogens is 1. The van der Waals surface area contributed by atoms with Gasteiger partial charge in [0.2, 0.25) is 5.91 Å². The van der Waals surface area contributed by atoms with E-state index in [2.05, 4.69) is 37.7 Å². The summed E-state index contributed by atoms with van der Waals surface area (Å²) in [5, 5.41) is 6.45. The third-order valence-electron chi connectivity index (χ3n) is 4.29. The minimum atomic E-state index is -0.228. The number of aryl methyl sites for hydroxylation is 1. The number of carbonyl (C=O) groups excluding carboxylic acids is 1. The van der Waals surface area contributed by atoms with Gasteiger partial charge in [0.05, 0.1) is 5.54 Å². The zero-order valence-electron chi connectivity index (χ0n) is 13.7. The third-order valence-corrected chi connectivity index (χ3v) is 7.48. The van der Waals surface area contributed by atoms with Gasteiger partial charge in [-0.3, -0.25) is 4.79 Å². The van der Waals surface area contributed by atoms with Gasteiger partial charge >= 0.3 is 0 Å². The molecule has 3 rings (SSSR count). The first kappa shape index (κ1) is 18.0. The number of hydrogen-bond donors (Lipinski definition) is 1. The molecule has 0 unspecified atom stereocenters. The van der Waals surface area contributed by atoms with Crippen molar-refractivity contribution in [2.24, 2.45) is 0 Å². The summed E-state index contributed by atoms with van der Waals surface area (Å²) in [6, 6.07) is 8.12. The molecule has 0 bridgehead atoms. The molecule has 3 nitrogen and oxygen atoms in total. The maximum Gasteiger partial charge on any atom is 0.221 e. The van der Waals surface area contributed by atoms with Crippen molar-refractivity contribution < 1.29 is 4.79 Å². The lowest BCUT2D eigenvalue weighted by molar-refractivity contribution is -0.122. The average molecular weight is 425 g/mol. The SMILES string of the molecule is Cc1csc(C2(NC(=O)CCSc3ccccc3Br)CCCC2)n1. The van der Waals surface area contributed by atoms with E-state index in [1.54, 1.807) is 23.1 Å². The number of carbonyl (C=O) groups is 1. The van der Waals surface area contributed by atoms with E-state index in [1.165, 1.54) is 4.90 Å². The molecule has 1 amide bonds. The van der Waals surface area contributed by atoms with Gasteiger partial charge in [0.15, 0.2) is 0 Å². The Morgan fingerprint density at radius 2 is 2.12 bits per heavy atom. The van der Waals surface area contributed by atoms with Crippen LogP contribution in [-0.4, -0.2) is 16.6 Å². The Bertz CT molecular complexity index is 711. The highest BCUT2D eigenvalue weighted by atomic mass is 79.9. The van der Waals surface area contributed by atoms with Gasteiger partial charge in [-0.25, -0.2) is 4.98 Å². The average Bonchev–Trinajstić information content (AvgIpc) is 3.19. The number of nitrogens with zero attached hydrogens (tertiary/aromatic N) is 1. The molecule has 0 atom stereocenters. The predicted octanol–water partition coefficient (Wildman–Crippen LogP) is 5.28. The van der Waals surface area contributed by atoms with E-state index in [0.29, 0.717) is 6.42 Å². The van der Waals surface area contributed by atoms with E-state index < -0.39 is 0 Å². The highest BCUT2D eigenvalue weighted by molar-refractivity contribution is 9.10. The molecule has 1 fully saturated rings. The molecule has 24 heavy (non-hydrogen) atoms. The minimum Gasteiger partial charge on any atom is -0.344 e. The van der Waals surface area contributed by atoms with E-state index in [1.807, 2.05) is 25.1 Å². The molecule has 1 aromatic heterocycles. The third kappa shape index (κ3) is 4.21. The first-order valence-electron chi connectivity index (χ1n) is 8.20. The van der Waals surface area contributed by atoms with Crippen molar-refractivity contribution in [3.8, 4) is 0 Å². The molecule has 1 N–H and O–H groups in total. The first-order chi connectivity index (χ1) is 11.6. The van der Waals surface area contributed by atoms with Gasteiger partial charge in [0.1, 0.15) is 5.01 Å². The smallest absolute Gasteiger partial charge is 0.221 e. The van der Waals surface area contributed by atoms with Gasteiger partial charge in [-0.2, -0.15) is 0 Å². The quantitative estimate of drug-likeness (QED) is 0.640. The van der Waals surface area contributed by atoms with Crippen molar-refractivity contribution in [1.29, 1.82) is 0 Å². The van der Waals surface area contributed by atoms with E-state index in [0.717, 1.165) is 46.6 Å². The Kier molecular flexibility index (Phi) is 6.00. The summed E-state index contributed by atoms with van der Waals surface area (Å²) in [5.41, 5.74) is 0.814. The highest BCUT2D eigenvalue weighted by Crippen LogP contribution is 2.40. The summed E-state index contributed by atoms with van der Waals surface area (Å²) >= 11 is 6.93. The number of amides is 1. The van der Waals surface area contributed by atoms with Gasteiger partial charge in [-0.15, -0.1) is 23.1 Å². The predicted molar refractivity (Wildman–Crippen MR) is 105 cm³/mol. The Morgan fingerprint density at radius 3 is 2.79 bits per heavy atom. The number of benzene rings is 1. The van der Waals surface area contributed by atoms with Crippen LogP contribution in [0.15, 0.2) is 39.0 Å². The van der Waals surface area contributed by atoms with Gasteiger partial charge in [0, 0.05) is 32.6 Å². The molecule has 128 valence electrons. The van der Waals surface area contributed by atoms with Crippen molar-refractivity contribution in [3.05, 3.63) is 44.8 Å². The lowest BCUT2D eigenvalue weighted by Crippen LogP contribution is -2.43. The van der Waals surface area contributed by atoms with E-state index >= 15 is 0 Å². The molecule has 1 heterocycles. The molecule has 0 spiro atoms. The van der Waals surface area contributed by atoms with Crippen molar-refractivity contribution in [3.63, 3.8) is 0 Å². The molecule has 1 aliphatic carbocycles. The summed E-state index contributed by atoms with van der Waals surface area (Å²) in [7, 11) is 0. The summed E-state index contributed by atoms with van der Waals surface area (Å²) in [4.78, 5) is 18.3. The molecule has 1 aliphatic rings.